The van der Waals surface area contributed by atoms with E-state index >= 15 is 0 Å². The quantitative estimate of drug-likeness (QED) is 0.738. The molecule has 0 unspecified atom stereocenters. The molecule has 0 aliphatic rings. The van der Waals surface area contributed by atoms with E-state index in [2.05, 4.69) is 20.8 Å². The highest BCUT2D eigenvalue weighted by molar-refractivity contribution is 5.84. The molecule has 0 radical (unpaired) electrons. The fourth-order valence-electron chi connectivity index (χ4n) is 1.49. The molecule has 0 aromatic heterocycles. The minimum Gasteiger partial charge on any atom is -0.496 e. The lowest BCUT2D eigenvalue weighted by Gasteiger charge is -2.21. The van der Waals surface area contributed by atoms with Crippen molar-refractivity contribution < 1.29 is 14.3 Å². The SMILES string of the molecule is COc1cc(C(C)(C)C)cc(OC)c1C=O. The molecule has 3 heteroatoms. The third-order valence-electron chi connectivity index (χ3n) is 2.53. The summed E-state index contributed by atoms with van der Waals surface area (Å²) in [4.78, 5) is 11.0. The molecule has 1 aromatic carbocycles. The first-order chi connectivity index (χ1) is 7.43. The van der Waals surface area contributed by atoms with Gasteiger partial charge >= 0.3 is 0 Å². The van der Waals surface area contributed by atoms with Gasteiger partial charge in [0.05, 0.1) is 19.8 Å². The minimum absolute atomic E-state index is 0.0119. The summed E-state index contributed by atoms with van der Waals surface area (Å²) in [6.07, 6.45) is 0.754. The molecule has 0 fully saturated rings. The van der Waals surface area contributed by atoms with Crippen molar-refractivity contribution >= 4 is 6.29 Å². The first-order valence-electron chi connectivity index (χ1n) is 5.15. The molecule has 0 saturated carbocycles. The summed E-state index contributed by atoms with van der Waals surface area (Å²) in [6, 6.07) is 3.76. The van der Waals surface area contributed by atoms with Gasteiger partial charge in [-0.1, -0.05) is 20.8 Å². The summed E-state index contributed by atoms with van der Waals surface area (Å²) >= 11 is 0. The summed E-state index contributed by atoms with van der Waals surface area (Å²) in [5, 5.41) is 0. The van der Waals surface area contributed by atoms with Gasteiger partial charge in [-0.3, -0.25) is 4.79 Å². The van der Waals surface area contributed by atoms with Crippen LogP contribution < -0.4 is 9.47 Å². The molecule has 0 aliphatic carbocycles. The molecule has 16 heavy (non-hydrogen) atoms. The lowest BCUT2D eigenvalue weighted by atomic mass is 9.86. The number of aldehydes is 1. The molecule has 0 heterocycles. The van der Waals surface area contributed by atoms with E-state index in [0.717, 1.165) is 11.8 Å². The lowest BCUT2D eigenvalue weighted by molar-refractivity contribution is 0.111. The Kier molecular flexibility index (Phi) is 3.58. The smallest absolute Gasteiger partial charge is 0.157 e. The highest BCUT2D eigenvalue weighted by Gasteiger charge is 2.19. The fourth-order valence-corrected chi connectivity index (χ4v) is 1.49. The second-order valence-corrected chi connectivity index (χ2v) is 4.66. The maximum Gasteiger partial charge on any atom is 0.157 e. The Labute approximate surface area is 96.4 Å². The molecule has 0 amide bonds. The van der Waals surface area contributed by atoms with E-state index in [4.69, 9.17) is 9.47 Å². The molecule has 1 aromatic rings. The van der Waals surface area contributed by atoms with E-state index in [1.165, 1.54) is 0 Å². The van der Waals surface area contributed by atoms with Crippen LogP contribution in [0.5, 0.6) is 11.5 Å². The topological polar surface area (TPSA) is 35.5 Å². The summed E-state index contributed by atoms with van der Waals surface area (Å²) in [7, 11) is 3.10. The van der Waals surface area contributed by atoms with Crippen molar-refractivity contribution in [3.8, 4) is 11.5 Å². The molecule has 3 nitrogen and oxygen atoms in total. The maximum atomic E-state index is 11.0. The molecular weight excluding hydrogens is 204 g/mol. The van der Waals surface area contributed by atoms with E-state index in [-0.39, 0.29) is 5.41 Å². The van der Waals surface area contributed by atoms with Gasteiger partial charge in [0.2, 0.25) is 0 Å². The Morgan fingerprint density at radius 2 is 1.50 bits per heavy atom. The van der Waals surface area contributed by atoms with Crippen LogP contribution in [0, 0.1) is 0 Å². The Morgan fingerprint density at radius 3 is 1.75 bits per heavy atom. The number of carbonyl (C=O) groups is 1. The van der Waals surface area contributed by atoms with Crippen LogP contribution in [0.2, 0.25) is 0 Å². The molecular formula is C13H18O3. The maximum absolute atomic E-state index is 11.0. The van der Waals surface area contributed by atoms with Crippen molar-refractivity contribution in [2.75, 3.05) is 14.2 Å². The number of ether oxygens (including phenoxy) is 2. The van der Waals surface area contributed by atoms with Gasteiger partial charge in [-0.05, 0) is 23.1 Å². The van der Waals surface area contributed by atoms with Crippen LogP contribution in [0.1, 0.15) is 36.7 Å². The highest BCUT2D eigenvalue weighted by atomic mass is 16.5. The fraction of sp³-hybridized carbons (Fsp3) is 0.462. The summed E-state index contributed by atoms with van der Waals surface area (Å²) in [5.74, 6) is 1.11. The molecule has 0 N–H and O–H groups in total. The van der Waals surface area contributed by atoms with Crippen LogP contribution in [-0.2, 0) is 5.41 Å². The van der Waals surface area contributed by atoms with Crippen molar-refractivity contribution in [1.82, 2.24) is 0 Å². The van der Waals surface area contributed by atoms with Gasteiger partial charge in [0, 0.05) is 0 Å². The van der Waals surface area contributed by atoms with Crippen LogP contribution in [0.15, 0.2) is 12.1 Å². The molecule has 0 saturated heterocycles. The van der Waals surface area contributed by atoms with Gasteiger partial charge in [0.15, 0.2) is 6.29 Å². The van der Waals surface area contributed by atoms with E-state index < -0.39 is 0 Å². The summed E-state index contributed by atoms with van der Waals surface area (Å²) in [6.45, 7) is 6.30. The standard InChI is InChI=1S/C13H18O3/c1-13(2,3)9-6-11(15-4)10(8-14)12(7-9)16-5/h6-8H,1-5H3. The van der Waals surface area contributed by atoms with Crippen molar-refractivity contribution in [1.29, 1.82) is 0 Å². The zero-order valence-electron chi connectivity index (χ0n) is 10.5. The normalized spacial score (nSPS) is 11.1. The number of methoxy groups -OCH3 is 2. The first-order valence-corrected chi connectivity index (χ1v) is 5.15. The van der Waals surface area contributed by atoms with Gasteiger partial charge in [-0.2, -0.15) is 0 Å². The van der Waals surface area contributed by atoms with Crippen molar-refractivity contribution in [3.05, 3.63) is 23.3 Å². The number of rotatable bonds is 3. The van der Waals surface area contributed by atoms with E-state index in [0.29, 0.717) is 17.1 Å². The van der Waals surface area contributed by atoms with Crippen LogP contribution in [-0.4, -0.2) is 20.5 Å². The van der Waals surface area contributed by atoms with Gasteiger partial charge in [-0.15, -0.1) is 0 Å². The Balaban J connectivity index is 3.43. The van der Waals surface area contributed by atoms with Crippen LogP contribution >= 0.6 is 0 Å². The van der Waals surface area contributed by atoms with E-state index in [1.807, 2.05) is 12.1 Å². The zero-order valence-corrected chi connectivity index (χ0v) is 10.5. The van der Waals surface area contributed by atoms with Gasteiger partial charge in [-0.25, -0.2) is 0 Å². The van der Waals surface area contributed by atoms with Gasteiger partial charge in [0.25, 0.3) is 0 Å². The van der Waals surface area contributed by atoms with Crippen LogP contribution in [0.3, 0.4) is 0 Å². The third kappa shape index (κ3) is 2.35. The minimum atomic E-state index is -0.0119. The predicted octanol–water partition coefficient (Wildman–Crippen LogP) is 2.81. The van der Waals surface area contributed by atoms with Crippen LogP contribution in [0.4, 0.5) is 0 Å². The number of carbonyl (C=O) groups excluding carboxylic acids is 1. The number of hydrogen-bond acceptors (Lipinski definition) is 3. The lowest BCUT2D eigenvalue weighted by Crippen LogP contribution is -2.12. The first kappa shape index (κ1) is 12.6. The monoisotopic (exact) mass is 222 g/mol. The molecule has 0 spiro atoms. The Morgan fingerprint density at radius 1 is 1.06 bits per heavy atom. The Bertz CT molecular complexity index is 364. The Hall–Kier alpha value is -1.51. The zero-order chi connectivity index (χ0) is 12.3. The molecule has 1 rings (SSSR count). The number of benzene rings is 1. The van der Waals surface area contributed by atoms with Crippen LogP contribution in [0.25, 0.3) is 0 Å². The second-order valence-electron chi connectivity index (χ2n) is 4.66. The molecule has 0 aliphatic heterocycles. The largest absolute Gasteiger partial charge is 0.496 e. The van der Waals surface area contributed by atoms with E-state index in [1.54, 1.807) is 14.2 Å². The molecule has 0 atom stereocenters. The highest BCUT2D eigenvalue weighted by Crippen LogP contribution is 2.34. The average Bonchev–Trinajstić information content (AvgIpc) is 2.25. The van der Waals surface area contributed by atoms with E-state index in [9.17, 15) is 4.79 Å². The molecule has 0 bridgehead atoms. The number of hydrogen-bond donors (Lipinski definition) is 0. The second kappa shape index (κ2) is 4.56. The van der Waals surface area contributed by atoms with Crippen molar-refractivity contribution in [2.45, 2.75) is 26.2 Å². The van der Waals surface area contributed by atoms with Gasteiger partial charge in [0.1, 0.15) is 11.5 Å². The molecule has 88 valence electrons. The summed E-state index contributed by atoms with van der Waals surface area (Å²) < 4.78 is 10.4. The van der Waals surface area contributed by atoms with Crippen molar-refractivity contribution in [2.24, 2.45) is 0 Å². The van der Waals surface area contributed by atoms with Crippen molar-refractivity contribution in [3.63, 3.8) is 0 Å². The average molecular weight is 222 g/mol. The summed E-state index contributed by atoms with van der Waals surface area (Å²) in [5.41, 5.74) is 1.52. The third-order valence-corrected chi connectivity index (χ3v) is 2.53. The predicted molar refractivity (Wildman–Crippen MR) is 63.6 cm³/mol. The van der Waals surface area contributed by atoms with Gasteiger partial charge < -0.3 is 9.47 Å².